The SMILES string of the molecule is COCCn1cc(C(=O)NC2CCCCCCC2)c(=O)c(C(=O)N(C)Cc2ccco2)c1. The van der Waals surface area contributed by atoms with Crippen molar-refractivity contribution >= 4 is 11.8 Å². The van der Waals surface area contributed by atoms with Gasteiger partial charge in [0.25, 0.3) is 11.8 Å². The van der Waals surface area contributed by atoms with E-state index in [1.165, 1.54) is 42.8 Å². The molecule has 2 heterocycles. The highest BCUT2D eigenvalue weighted by atomic mass is 16.5. The fraction of sp³-hybridized carbons (Fsp3) is 0.542. The fourth-order valence-electron chi connectivity index (χ4n) is 4.05. The van der Waals surface area contributed by atoms with Gasteiger partial charge in [0.15, 0.2) is 0 Å². The highest BCUT2D eigenvalue weighted by Crippen LogP contribution is 2.17. The molecule has 1 saturated carbocycles. The molecule has 8 heteroatoms. The van der Waals surface area contributed by atoms with Gasteiger partial charge in [-0.3, -0.25) is 14.4 Å². The van der Waals surface area contributed by atoms with Crippen LogP contribution in [-0.4, -0.2) is 48.1 Å². The molecule has 1 aliphatic carbocycles. The van der Waals surface area contributed by atoms with Crippen LogP contribution < -0.4 is 10.7 Å². The lowest BCUT2D eigenvalue weighted by Crippen LogP contribution is -2.40. The van der Waals surface area contributed by atoms with Gasteiger partial charge in [0.05, 0.1) is 19.4 Å². The number of ether oxygens (including phenoxy) is 1. The maximum Gasteiger partial charge on any atom is 0.259 e. The van der Waals surface area contributed by atoms with Gasteiger partial charge in [0.1, 0.15) is 16.9 Å². The first kappa shape index (κ1) is 23.8. The number of carbonyl (C=O) groups excluding carboxylic acids is 2. The van der Waals surface area contributed by atoms with Crippen molar-refractivity contribution in [3.8, 4) is 0 Å². The topological polar surface area (TPSA) is 93.8 Å². The summed E-state index contributed by atoms with van der Waals surface area (Å²) in [5.74, 6) is -0.271. The Balaban J connectivity index is 1.84. The predicted octanol–water partition coefficient (Wildman–Crippen LogP) is 3.20. The number of nitrogens with one attached hydrogen (secondary N) is 1. The molecule has 1 N–H and O–H groups in total. The second kappa shape index (κ2) is 11.7. The van der Waals surface area contributed by atoms with E-state index in [9.17, 15) is 14.4 Å². The van der Waals surface area contributed by atoms with Gasteiger partial charge in [-0.25, -0.2) is 0 Å². The molecule has 2 aromatic rings. The molecular formula is C24H33N3O5. The number of furan rings is 1. The molecule has 8 nitrogen and oxygen atoms in total. The van der Waals surface area contributed by atoms with Crippen molar-refractivity contribution < 1.29 is 18.7 Å². The van der Waals surface area contributed by atoms with E-state index in [0.717, 1.165) is 25.7 Å². The van der Waals surface area contributed by atoms with Gasteiger partial charge in [0.2, 0.25) is 5.43 Å². The van der Waals surface area contributed by atoms with E-state index >= 15 is 0 Å². The molecule has 1 fully saturated rings. The minimum atomic E-state index is -0.557. The number of amides is 2. The molecule has 3 rings (SSSR count). The quantitative estimate of drug-likeness (QED) is 0.676. The number of rotatable bonds is 8. The molecule has 0 aromatic carbocycles. The summed E-state index contributed by atoms with van der Waals surface area (Å²) in [7, 11) is 3.18. The Morgan fingerprint density at radius 1 is 1.16 bits per heavy atom. The molecule has 0 spiro atoms. The maximum absolute atomic E-state index is 13.2. The van der Waals surface area contributed by atoms with Gasteiger partial charge in [-0.1, -0.05) is 32.1 Å². The Kier molecular flexibility index (Phi) is 8.67. The van der Waals surface area contributed by atoms with Crippen molar-refractivity contribution in [1.29, 1.82) is 0 Å². The van der Waals surface area contributed by atoms with Gasteiger partial charge >= 0.3 is 0 Å². The Morgan fingerprint density at radius 2 is 1.84 bits per heavy atom. The van der Waals surface area contributed by atoms with E-state index in [4.69, 9.17) is 9.15 Å². The lowest BCUT2D eigenvalue weighted by Gasteiger charge is -2.21. The number of pyridine rings is 1. The molecule has 0 aliphatic heterocycles. The van der Waals surface area contributed by atoms with E-state index in [0.29, 0.717) is 18.9 Å². The first-order chi connectivity index (χ1) is 15.5. The maximum atomic E-state index is 13.2. The van der Waals surface area contributed by atoms with Crippen molar-refractivity contribution in [3.05, 3.63) is 57.9 Å². The second-order valence-electron chi connectivity index (χ2n) is 8.40. The van der Waals surface area contributed by atoms with Gasteiger partial charge < -0.3 is 23.9 Å². The highest BCUT2D eigenvalue weighted by Gasteiger charge is 2.24. The zero-order chi connectivity index (χ0) is 22.9. The van der Waals surface area contributed by atoms with E-state index in [1.807, 2.05) is 0 Å². The summed E-state index contributed by atoms with van der Waals surface area (Å²) in [6.07, 6.45) is 12.1. The molecule has 174 valence electrons. The van der Waals surface area contributed by atoms with Crippen LogP contribution in [0.5, 0.6) is 0 Å². The molecule has 2 aromatic heterocycles. The number of hydrogen-bond donors (Lipinski definition) is 1. The third-order valence-electron chi connectivity index (χ3n) is 5.87. The van der Waals surface area contributed by atoms with Gasteiger partial charge in [-0.05, 0) is 25.0 Å². The van der Waals surface area contributed by atoms with E-state index < -0.39 is 17.2 Å². The summed E-state index contributed by atoms with van der Waals surface area (Å²) < 4.78 is 12.1. The van der Waals surface area contributed by atoms with Crippen LogP contribution in [0.25, 0.3) is 0 Å². The third-order valence-corrected chi connectivity index (χ3v) is 5.87. The summed E-state index contributed by atoms with van der Waals surface area (Å²) in [5, 5.41) is 3.04. The number of nitrogens with zero attached hydrogens (tertiary/aromatic N) is 2. The normalized spacial score (nSPS) is 15.1. The average molecular weight is 444 g/mol. The molecule has 2 amide bonds. The molecule has 0 atom stereocenters. The van der Waals surface area contributed by atoms with Crippen molar-refractivity contribution in [2.75, 3.05) is 20.8 Å². The van der Waals surface area contributed by atoms with Gasteiger partial charge in [0, 0.05) is 39.1 Å². The van der Waals surface area contributed by atoms with Crippen LogP contribution in [0.3, 0.4) is 0 Å². The average Bonchev–Trinajstić information content (AvgIpc) is 3.27. The van der Waals surface area contributed by atoms with E-state index in [2.05, 4.69) is 5.32 Å². The first-order valence-corrected chi connectivity index (χ1v) is 11.3. The van der Waals surface area contributed by atoms with Crippen LogP contribution >= 0.6 is 0 Å². The number of methoxy groups -OCH3 is 1. The van der Waals surface area contributed by atoms with E-state index in [1.54, 1.807) is 30.9 Å². The van der Waals surface area contributed by atoms with E-state index in [-0.39, 0.29) is 23.7 Å². The molecule has 0 bridgehead atoms. The molecule has 32 heavy (non-hydrogen) atoms. The molecule has 1 aliphatic rings. The van der Waals surface area contributed by atoms with Crippen LogP contribution in [0.15, 0.2) is 40.0 Å². The van der Waals surface area contributed by atoms with Crippen LogP contribution in [0, 0.1) is 0 Å². The summed E-state index contributed by atoms with van der Waals surface area (Å²) in [6, 6.07) is 3.56. The molecule has 0 unspecified atom stereocenters. The summed E-state index contributed by atoms with van der Waals surface area (Å²) >= 11 is 0. The third kappa shape index (κ3) is 6.32. The van der Waals surface area contributed by atoms with Crippen molar-refractivity contribution in [2.24, 2.45) is 0 Å². The van der Waals surface area contributed by atoms with Crippen LogP contribution in [-0.2, 0) is 17.8 Å². The van der Waals surface area contributed by atoms with Gasteiger partial charge in [-0.2, -0.15) is 0 Å². The Morgan fingerprint density at radius 3 is 2.50 bits per heavy atom. The summed E-state index contributed by atoms with van der Waals surface area (Å²) in [4.78, 5) is 40.7. The molecule has 0 radical (unpaired) electrons. The Labute approximate surface area is 188 Å². The zero-order valence-electron chi connectivity index (χ0n) is 19.0. The number of carbonyl (C=O) groups is 2. The molecular weight excluding hydrogens is 410 g/mol. The lowest BCUT2D eigenvalue weighted by atomic mass is 9.96. The largest absolute Gasteiger partial charge is 0.467 e. The monoisotopic (exact) mass is 443 g/mol. The Bertz CT molecular complexity index is 943. The molecule has 0 saturated heterocycles. The highest BCUT2D eigenvalue weighted by molar-refractivity contribution is 5.99. The zero-order valence-corrected chi connectivity index (χ0v) is 19.0. The van der Waals surface area contributed by atoms with Crippen molar-refractivity contribution in [2.45, 2.75) is 64.1 Å². The minimum Gasteiger partial charge on any atom is -0.467 e. The summed E-state index contributed by atoms with van der Waals surface area (Å²) in [6.45, 7) is 1.03. The van der Waals surface area contributed by atoms with Crippen molar-refractivity contribution in [1.82, 2.24) is 14.8 Å². The van der Waals surface area contributed by atoms with Crippen LogP contribution in [0.2, 0.25) is 0 Å². The second-order valence-corrected chi connectivity index (χ2v) is 8.40. The number of hydrogen-bond acceptors (Lipinski definition) is 5. The van der Waals surface area contributed by atoms with Gasteiger partial charge in [-0.15, -0.1) is 0 Å². The standard InChI is InChI=1S/C24H33N3O5/c1-26(15-19-11-8-13-32-19)24(30)21-17-27(12-14-31-2)16-20(22(21)28)23(29)25-18-9-6-4-3-5-7-10-18/h8,11,13,16-18H,3-7,9-10,12,14-15H2,1-2H3,(H,25,29). The first-order valence-electron chi connectivity index (χ1n) is 11.3. The lowest BCUT2D eigenvalue weighted by molar-refractivity contribution is 0.0773. The smallest absolute Gasteiger partial charge is 0.259 e. The minimum absolute atomic E-state index is 0.0135. The predicted molar refractivity (Wildman–Crippen MR) is 121 cm³/mol. The van der Waals surface area contributed by atoms with Crippen molar-refractivity contribution in [3.63, 3.8) is 0 Å². The number of aromatic nitrogens is 1. The fourth-order valence-corrected chi connectivity index (χ4v) is 4.05. The van der Waals surface area contributed by atoms with Crippen LogP contribution in [0.1, 0.15) is 71.4 Å². The van der Waals surface area contributed by atoms with Crippen LogP contribution in [0.4, 0.5) is 0 Å². The summed E-state index contributed by atoms with van der Waals surface area (Å²) in [5.41, 5.74) is -0.612. The Hall–Kier alpha value is -2.87.